The Morgan fingerprint density at radius 1 is 1.42 bits per heavy atom. The predicted octanol–water partition coefficient (Wildman–Crippen LogP) is 2.05. The molecule has 8 nitrogen and oxygen atoms in total. The fourth-order valence-electron chi connectivity index (χ4n) is 2.25. The summed E-state index contributed by atoms with van der Waals surface area (Å²) in [6.07, 6.45) is 1.65. The molecule has 1 saturated heterocycles. The van der Waals surface area contributed by atoms with Crippen molar-refractivity contribution in [3.8, 4) is 5.69 Å². The molecule has 0 aliphatic carbocycles. The monoisotopic (exact) mass is 339 g/mol. The largest absolute Gasteiger partial charge is 0.379 e. The van der Waals surface area contributed by atoms with Crippen LogP contribution in [0, 0.1) is 0 Å². The predicted molar refractivity (Wildman–Crippen MR) is 78.8 cm³/mol. The molecule has 0 radical (unpaired) electrons. The zero-order valence-electron chi connectivity index (χ0n) is 12.5. The summed E-state index contributed by atoms with van der Waals surface area (Å²) >= 11 is 0. The maximum atomic E-state index is 13.4. The van der Waals surface area contributed by atoms with E-state index in [1.165, 1.54) is 24.5 Å². The zero-order valence-corrected chi connectivity index (χ0v) is 12.5. The normalized spacial score (nSPS) is 17.2. The standard InChI is InChI=1S/C14H15F2N5O3/c15-13(16)12-11(7-18-21(12)9-1-4-17-5-2-9)19-14(22)20-24-10-3-6-23-8-10/h1-2,4-5,7,10,13H,3,6,8H2,(H2,19,20,22). The molecule has 24 heavy (non-hydrogen) atoms. The second kappa shape index (κ2) is 7.32. The maximum Gasteiger partial charge on any atom is 0.343 e. The Morgan fingerprint density at radius 3 is 2.88 bits per heavy atom. The lowest BCUT2D eigenvalue weighted by Gasteiger charge is -2.12. The van der Waals surface area contributed by atoms with Crippen molar-refractivity contribution >= 4 is 11.7 Å². The maximum absolute atomic E-state index is 13.4. The Labute approximate surface area is 135 Å². The second-order valence-corrected chi connectivity index (χ2v) is 5.02. The molecule has 2 aromatic heterocycles. The number of hydroxylamine groups is 1. The van der Waals surface area contributed by atoms with Crippen molar-refractivity contribution < 1.29 is 23.1 Å². The highest BCUT2D eigenvalue weighted by Gasteiger charge is 2.23. The van der Waals surface area contributed by atoms with Gasteiger partial charge in [-0.2, -0.15) is 5.10 Å². The molecule has 0 saturated carbocycles. The number of hydrogen-bond donors (Lipinski definition) is 2. The number of carbonyl (C=O) groups excluding carboxylic acids is 1. The number of carbonyl (C=O) groups is 1. The number of urea groups is 1. The van der Waals surface area contributed by atoms with Gasteiger partial charge in [0.2, 0.25) is 0 Å². The van der Waals surface area contributed by atoms with Gasteiger partial charge in [0.05, 0.1) is 24.2 Å². The van der Waals surface area contributed by atoms with E-state index in [9.17, 15) is 13.6 Å². The van der Waals surface area contributed by atoms with Gasteiger partial charge in [-0.25, -0.2) is 23.7 Å². The highest BCUT2D eigenvalue weighted by Crippen LogP contribution is 2.29. The van der Waals surface area contributed by atoms with Crippen molar-refractivity contribution in [2.75, 3.05) is 18.5 Å². The molecule has 1 atom stereocenters. The first-order valence-electron chi connectivity index (χ1n) is 7.22. The van der Waals surface area contributed by atoms with E-state index in [0.29, 0.717) is 25.3 Å². The van der Waals surface area contributed by atoms with Crippen LogP contribution in [0.1, 0.15) is 18.5 Å². The lowest BCUT2D eigenvalue weighted by atomic mass is 10.3. The SMILES string of the molecule is O=C(NOC1CCOC1)Nc1cnn(-c2ccncc2)c1C(F)F. The first-order valence-corrected chi connectivity index (χ1v) is 7.22. The second-order valence-electron chi connectivity index (χ2n) is 5.02. The lowest BCUT2D eigenvalue weighted by Crippen LogP contribution is -2.33. The Morgan fingerprint density at radius 2 is 2.21 bits per heavy atom. The fourth-order valence-corrected chi connectivity index (χ4v) is 2.25. The number of rotatable bonds is 5. The fraction of sp³-hybridized carbons (Fsp3) is 0.357. The topological polar surface area (TPSA) is 90.3 Å². The van der Waals surface area contributed by atoms with Gasteiger partial charge in [0.25, 0.3) is 6.43 Å². The number of anilines is 1. The molecule has 0 bridgehead atoms. The summed E-state index contributed by atoms with van der Waals surface area (Å²) in [5, 5.41) is 6.22. The quantitative estimate of drug-likeness (QED) is 0.814. The van der Waals surface area contributed by atoms with Gasteiger partial charge in [0, 0.05) is 25.4 Å². The summed E-state index contributed by atoms with van der Waals surface area (Å²) in [5.41, 5.74) is 2.04. The van der Waals surface area contributed by atoms with E-state index in [2.05, 4.69) is 20.9 Å². The summed E-state index contributed by atoms with van der Waals surface area (Å²) in [4.78, 5) is 20.8. The molecule has 3 rings (SSSR count). The van der Waals surface area contributed by atoms with Gasteiger partial charge in [0.1, 0.15) is 11.8 Å². The first kappa shape index (κ1) is 16.3. The summed E-state index contributed by atoms with van der Waals surface area (Å²) in [6, 6.07) is 2.30. The molecule has 2 amide bonds. The van der Waals surface area contributed by atoms with E-state index in [-0.39, 0.29) is 11.8 Å². The van der Waals surface area contributed by atoms with E-state index >= 15 is 0 Å². The minimum absolute atomic E-state index is 0.106. The highest BCUT2D eigenvalue weighted by molar-refractivity contribution is 5.89. The van der Waals surface area contributed by atoms with E-state index < -0.39 is 18.2 Å². The van der Waals surface area contributed by atoms with E-state index in [1.54, 1.807) is 0 Å². The number of ether oxygens (including phenoxy) is 1. The van der Waals surface area contributed by atoms with Crippen LogP contribution in [0.25, 0.3) is 5.69 Å². The van der Waals surface area contributed by atoms with Gasteiger partial charge in [-0.15, -0.1) is 0 Å². The van der Waals surface area contributed by atoms with Gasteiger partial charge in [-0.3, -0.25) is 9.82 Å². The summed E-state index contributed by atoms with van der Waals surface area (Å²) in [6.45, 7) is 0.935. The van der Waals surface area contributed by atoms with E-state index in [4.69, 9.17) is 9.57 Å². The van der Waals surface area contributed by atoms with E-state index in [0.717, 1.165) is 10.9 Å². The number of hydrogen-bond acceptors (Lipinski definition) is 5. The van der Waals surface area contributed by atoms with Crippen LogP contribution in [0.4, 0.5) is 19.3 Å². The molecular weight excluding hydrogens is 324 g/mol. The molecule has 1 aliphatic heterocycles. The molecule has 10 heteroatoms. The average Bonchev–Trinajstić information content (AvgIpc) is 3.23. The van der Waals surface area contributed by atoms with Crippen molar-refractivity contribution in [1.82, 2.24) is 20.2 Å². The van der Waals surface area contributed by atoms with Crippen molar-refractivity contribution in [2.45, 2.75) is 19.0 Å². The molecule has 3 heterocycles. The molecule has 128 valence electrons. The van der Waals surface area contributed by atoms with Crippen molar-refractivity contribution in [2.24, 2.45) is 0 Å². The van der Waals surface area contributed by atoms with Crippen molar-refractivity contribution in [3.63, 3.8) is 0 Å². The van der Waals surface area contributed by atoms with Crippen LogP contribution in [0.2, 0.25) is 0 Å². The molecule has 0 aromatic carbocycles. The Kier molecular flexibility index (Phi) is 4.96. The van der Waals surface area contributed by atoms with E-state index in [1.807, 2.05) is 0 Å². The third-order valence-electron chi connectivity index (χ3n) is 3.37. The van der Waals surface area contributed by atoms with Crippen LogP contribution >= 0.6 is 0 Å². The molecular formula is C14H15F2N5O3. The van der Waals surface area contributed by atoms with Crippen LogP contribution in [0.15, 0.2) is 30.7 Å². The third-order valence-corrected chi connectivity index (χ3v) is 3.37. The molecule has 1 unspecified atom stereocenters. The summed E-state index contributed by atoms with van der Waals surface area (Å²) in [5.74, 6) is 0. The molecule has 2 N–H and O–H groups in total. The number of amides is 2. The number of nitrogens with one attached hydrogen (secondary N) is 2. The average molecular weight is 339 g/mol. The van der Waals surface area contributed by atoms with Crippen molar-refractivity contribution in [3.05, 3.63) is 36.4 Å². The van der Waals surface area contributed by atoms with Gasteiger partial charge < -0.3 is 10.1 Å². The zero-order chi connectivity index (χ0) is 16.9. The number of alkyl halides is 2. The third kappa shape index (κ3) is 3.66. The molecule has 1 fully saturated rings. The van der Waals surface area contributed by atoms with Gasteiger partial charge in [-0.1, -0.05) is 0 Å². The minimum atomic E-state index is -2.83. The summed E-state index contributed by atoms with van der Waals surface area (Å²) in [7, 11) is 0. The van der Waals surface area contributed by atoms with Crippen LogP contribution in [0.5, 0.6) is 0 Å². The van der Waals surface area contributed by atoms with Crippen LogP contribution in [0.3, 0.4) is 0 Å². The smallest absolute Gasteiger partial charge is 0.343 e. The Bertz CT molecular complexity index is 689. The van der Waals surface area contributed by atoms with Crippen molar-refractivity contribution in [1.29, 1.82) is 0 Å². The Hall–Kier alpha value is -2.59. The highest BCUT2D eigenvalue weighted by atomic mass is 19.3. The van der Waals surface area contributed by atoms with Gasteiger partial charge in [0.15, 0.2) is 0 Å². The van der Waals surface area contributed by atoms with Gasteiger partial charge >= 0.3 is 6.03 Å². The number of pyridine rings is 1. The van der Waals surface area contributed by atoms with Gasteiger partial charge in [-0.05, 0) is 12.1 Å². The van der Waals surface area contributed by atoms with Crippen LogP contribution < -0.4 is 10.8 Å². The minimum Gasteiger partial charge on any atom is -0.379 e. The van der Waals surface area contributed by atoms with Crippen LogP contribution in [-0.4, -0.2) is 40.1 Å². The number of nitrogens with zero attached hydrogens (tertiary/aromatic N) is 3. The lowest BCUT2D eigenvalue weighted by molar-refractivity contribution is -0.00534. The van der Waals surface area contributed by atoms with Crippen LogP contribution in [-0.2, 0) is 9.57 Å². The number of aromatic nitrogens is 3. The molecule has 0 spiro atoms. The molecule has 2 aromatic rings. The first-order chi connectivity index (χ1) is 11.6. The molecule has 1 aliphatic rings. The Balaban J connectivity index is 1.71. The number of halogens is 2. The summed E-state index contributed by atoms with van der Waals surface area (Å²) < 4.78 is 32.9.